The molecule has 0 spiro atoms. The van der Waals surface area contributed by atoms with Gasteiger partial charge in [-0.05, 0) is 32.8 Å². The lowest BCUT2D eigenvalue weighted by Crippen LogP contribution is -2.27. The molecule has 2 unspecified atom stereocenters. The number of phosphoric ester groups is 1. The molecule has 8 nitrogen and oxygen atoms in total. The van der Waals surface area contributed by atoms with Gasteiger partial charge >= 0.3 is 19.8 Å². The number of cyclic esters (lactones) is 1. The highest BCUT2D eigenvalue weighted by Gasteiger charge is 2.39. The number of hydrogen-bond acceptors (Lipinski definition) is 8. The lowest BCUT2D eigenvalue weighted by atomic mass is 9.89. The number of rotatable bonds is 8. The highest BCUT2D eigenvalue weighted by atomic mass is 31.2. The summed E-state index contributed by atoms with van der Waals surface area (Å²) in [7, 11) is -2.60. The van der Waals surface area contributed by atoms with Crippen molar-refractivity contribution in [2.75, 3.05) is 20.3 Å². The van der Waals surface area contributed by atoms with E-state index >= 15 is 0 Å². The zero-order valence-corrected chi connectivity index (χ0v) is 16.2. The predicted molar refractivity (Wildman–Crippen MR) is 92.0 cm³/mol. The number of methoxy groups -OCH3 is 1. The van der Waals surface area contributed by atoms with Gasteiger partial charge in [-0.3, -0.25) is 9.05 Å². The van der Waals surface area contributed by atoms with Gasteiger partial charge in [0.2, 0.25) is 0 Å². The molecule has 0 aromatic carbocycles. The Morgan fingerprint density at radius 2 is 1.96 bits per heavy atom. The SMILES string of the molecule is CCOP(=O)(OCC)OC1=C(C(=O)OC)C(C2C=CC(=O)O2)CCCC1. The fraction of sp³-hybridized carbons (Fsp3) is 0.647. The molecule has 0 aromatic heterocycles. The third-order valence-electron chi connectivity index (χ3n) is 4.11. The van der Waals surface area contributed by atoms with E-state index in [9.17, 15) is 14.2 Å². The van der Waals surface area contributed by atoms with E-state index in [1.165, 1.54) is 13.2 Å². The minimum Gasteiger partial charge on any atom is -0.466 e. The molecule has 0 N–H and O–H groups in total. The Kier molecular flexibility index (Phi) is 7.43. The van der Waals surface area contributed by atoms with Crippen LogP contribution >= 0.6 is 7.82 Å². The van der Waals surface area contributed by atoms with Crippen LogP contribution in [-0.4, -0.2) is 38.4 Å². The third kappa shape index (κ3) is 4.96. The molecule has 0 amide bonds. The molecule has 1 heterocycles. The van der Waals surface area contributed by atoms with Gasteiger partial charge in [-0.1, -0.05) is 6.42 Å². The minimum absolute atomic E-state index is 0.129. The van der Waals surface area contributed by atoms with Gasteiger partial charge in [0.1, 0.15) is 11.9 Å². The number of hydrogen-bond donors (Lipinski definition) is 0. The first kappa shape index (κ1) is 20.7. The van der Waals surface area contributed by atoms with Crippen LogP contribution in [0.3, 0.4) is 0 Å². The van der Waals surface area contributed by atoms with E-state index in [-0.39, 0.29) is 24.5 Å². The Hall–Kier alpha value is -1.63. The molecule has 0 saturated heterocycles. The van der Waals surface area contributed by atoms with Gasteiger partial charge in [-0.25, -0.2) is 14.2 Å². The molecular weight excluding hydrogens is 363 g/mol. The molecule has 0 aromatic rings. The summed E-state index contributed by atoms with van der Waals surface area (Å²) in [4.78, 5) is 23.9. The maximum absolute atomic E-state index is 12.8. The van der Waals surface area contributed by atoms with Crippen LogP contribution in [0.1, 0.15) is 39.5 Å². The summed E-state index contributed by atoms with van der Waals surface area (Å²) in [6, 6.07) is 0. The molecule has 0 bridgehead atoms. The molecule has 2 aliphatic rings. The average molecular weight is 388 g/mol. The number of carbonyl (C=O) groups is 2. The second-order valence-corrected chi connectivity index (χ2v) is 7.41. The summed E-state index contributed by atoms with van der Waals surface area (Å²) < 4.78 is 38.9. The van der Waals surface area contributed by atoms with E-state index in [1.807, 2.05) is 0 Å². The molecule has 26 heavy (non-hydrogen) atoms. The molecule has 9 heteroatoms. The largest absolute Gasteiger partial charge is 0.529 e. The zero-order valence-electron chi connectivity index (χ0n) is 15.3. The monoisotopic (exact) mass is 388 g/mol. The number of esters is 2. The summed E-state index contributed by atoms with van der Waals surface area (Å²) in [5.41, 5.74) is 0.217. The second kappa shape index (κ2) is 9.35. The van der Waals surface area contributed by atoms with Crippen molar-refractivity contribution in [3.05, 3.63) is 23.5 Å². The smallest absolute Gasteiger partial charge is 0.466 e. The van der Waals surface area contributed by atoms with Crippen molar-refractivity contribution in [3.63, 3.8) is 0 Å². The Morgan fingerprint density at radius 3 is 2.50 bits per heavy atom. The van der Waals surface area contributed by atoms with Crippen molar-refractivity contribution in [2.24, 2.45) is 5.92 Å². The summed E-state index contributed by atoms with van der Waals surface area (Å²) >= 11 is 0. The van der Waals surface area contributed by atoms with Gasteiger partial charge < -0.3 is 14.0 Å². The zero-order chi connectivity index (χ0) is 19.2. The van der Waals surface area contributed by atoms with Crippen LogP contribution in [-0.2, 0) is 37.2 Å². The summed E-state index contributed by atoms with van der Waals surface area (Å²) in [6.07, 6.45) is 4.84. The Morgan fingerprint density at radius 1 is 1.27 bits per heavy atom. The van der Waals surface area contributed by atoms with E-state index < -0.39 is 31.8 Å². The number of phosphoric acid groups is 1. The first-order chi connectivity index (χ1) is 12.4. The molecule has 2 rings (SSSR count). The van der Waals surface area contributed by atoms with Crippen molar-refractivity contribution in [1.29, 1.82) is 0 Å². The van der Waals surface area contributed by atoms with Gasteiger partial charge in [0.25, 0.3) is 0 Å². The van der Waals surface area contributed by atoms with Crippen LogP contribution in [0, 0.1) is 5.92 Å². The van der Waals surface area contributed by atoms with Crippen molar-refractivity contribution in [1.82, 2.24) is 0 Å². The van der Waals surface area contributed by atoms with Crippen molar-refractivity contribution >= 4 is 19.8 Å². The van der Waals surface area contributed by atoms with E-state index in [1.54, 1.807) is 19.9 Å². The molecular formula is C17H25O8P. The maximum atomic E-state index is 12.8. The van der Waals surface area contributed by atoms with Crippen LogP contribution < -0.4 is 0 Å². The lowest BCUT2D eigenvalue weighted by molar-refractivity contribution is -0.143. The van der Waals surface area contributed by atoms with Crippen molar-refractivity contribution < 1.29 is 37.2 Å². The van der Waals surface area contributed by atoms with E-state index in [0.29, 0.717) is 12.8 Å². The molecule has 1 aliphatic carbocycles. The number of carbonyl (C=O) groups excluding carboxylic acids is 2. The maximum Gasteiger partial charge on any atom is 0.529 e. The fourth-order valence-electron chi connectivity index (χ4n) is 3.08. The Bertz CT molecular complexity index is 629. The van der Waals surface area contributed by atoms with Crippen molar-refractivity contribution in [2.45, 2.75) is 45.6 Å². The van der Waals surface area contributed by atoms with Gasteiger partial charge in [0, 0.05) is 18.4 Å². The predicted octanol–water partition coefficient (Wildman–Crippen LogP) is 3.28. The van der Waals surface area contributed by atoms with Gasteiger partial charge in [0.05, 0.1) is 25.9 Å². The van der Waals surface area contributed by atoms with Crippen LogP contribution in [0.2, 0.25) is 0 Å². The normalized spacial score (nSPS) is 23.6. The van der Waals surface area contributed by atoms with Crippen LogP contribution in [0.4, 0.5) is 0 Å². The van der Waals surface area contributed by atoms with Gasteiger partial charge in [-0.2, -0.15) is 0 Å². The van der Waals surface area contributed by atoms with Gasteiger partial charge in [0.15, 0.2) is 0 Å². The molecule has 2 atom stereocenters. The van der Waals surface area contributed by atoms with Crippen LogP contribution in [0.25, 0.3) is 0 Å². The number of ether oxygens (including phenoxy) is 2. The Labute approximate surface area is 153 Å². The minimum atomic E-state index is -3.86. The van der Waals surface area contributed by atoms with E-state index in [4.69, 9.17) is 23.0 Å². The average Bonchev–Trinajstić information content (AvgIpc) is 2.92. The first-order valence-corrected chi connectivity index (χ1v) is 10.2. The topological polar surface area (TPSA) is 97.4 Å². The van der Waals surface area contributed by atoms with Crippen LogP contribution in [0.5, 0.6) is 0 Å². The van der Waals surface area contributed by atoms with Crippen LogP contribution in [0.15, 0.2) is 23.5 Å². The molecule has 0 radical (unpaired) electrons. The third-order valence-corrected chi connectivity index (χ3v) is 5.71. The fourth-order valence-corrected chi connectivity index (χ4v) is 4.35. The Balaban J connectivity index is 2.42. The summed E-state index contributed by atoms with van der Waals surface area (Å²) in [6.45, 7) is 3.60. The standard InChI is InChI=1S/C17H25O8P/c1-4-22-26(20,23-5-2)25-14-9-7-6-8-12(16(14)17(19)21-3)13-10-11-15(18)24-13/h10-13H,4-9H2,1-3H3. The van der Waals surface area contributed by atoms with Gasteiger partial charge in [-0.15, -0.1) is 0 Å². The highest BCUT2D eigenvalue weighted by Crippen LogP contribution is 2.53. The molecule has 146 valence electrons. The molecule has 0 saturated carbocycles. The lowest BCUT2D eigenvalue weighted by Gasteiger charge is -2.25. The first-order valence-electron chi connectivity index (χ1n) is 8.73. The summed E-state index contributed by atoms with van der Waals surface area (Å²) in [5.74, 6) is -1.30. The quantitative estimate of drug-likeness (QED) is 0.462. The number of allylic oxidation sites excluding steroid dienone is 1. The van der Waals surface area contributed by atoms with Crippen molar-refractivity contribution in [3.8, 4) is 0 Å². The van der Waals surface area contributed by atoms with E-state index in [2.05, 4.69) is 0 Å². The molecule has 1 aliphatic heterocycles. The second-order valence-electron chi connectivity index (χ2n) is 5.82. The highest BCUT2D eigenvalue weighted by molar-refractivity contribution is 7.48. The van der Waals surface area contributed by atoms with E-state index in [0.717, 1.165) is 12.8 Å². The molecule has 0 fully saturated rings. The summed E-state index contributed by atoms with van der Waals surface area (Å²) in [5, 5.41) is 0.